The first kappa shape index (κ1) is 17.4. The summed E-state index contributed by atoms with van der Waals surface area (Å²) in [5, 5.41) is 9.09. The maximum Gasteiger partial charge on any atom is 0.336 e. The molecule has 0 amide bonds. The summed E-state index contributed by atoms with van der Waals surface area (Å²) in [6, 6.07) is 4.90. The summed E-state index contributed by atoms with van der Waals surface area (Å²) in [6.45, 7) is 4.26. The Morgan fingerprint density at radius 3 is 2.65 bits per heavy atom. The average molecular weight is 361 g/mol. The average Bonchev–Trinajstić information content (AvgIpc) is 2.43. The van der Waals surface area contributed by atoms with Gasteiger partial charge < -0.3 is 5.11 Å². The fraction of sp³-hybridized carbons (Fsp3) is 0.533. The Bertz CT molecular complexity index is 488. The molecular weight excluding hydrogens is 340 g/mol. The molecule has 3 nitrogen and oxygen atoms in total. The normalized spacial score (nSPS) is 13.9. The maximum atomic E-state index is 12.4. The second-order valence-corrected chi connectivity index (χ2v) is 7.23. The highest BCUT2D eigenvalue weighted by atomic mass is 79.9. The number of unbranched alkanes of at least 4 members (excludes halogenated alkanes) is 1. The Labute approximate surface area is 131 Å². The van der Waals surface area contributed by atoms with Crippen LogP contribution in [0.4, 0.5) is 0 Å². The molecule has 0 bridgehead atoms. The van der Waals surface area contributed by atoms with E-state index in [9.17, 15) is 9.00 Å². The van der Waals surface area contributed by atoms with Crippen LogP contribution in [0.2, 0.25) is 0 Å². The summed E-state index contributed by atoms with van der Waals surface area (Å²) in [4.78, 5) is 11.7. The van der Waals surface area contributed by atoms with Gasteiger partial charge in [-0.25, -0.2) is 4.79 Å². The van der Waals surface area contributed by atoms with Gasteiger partial charge in [0.1, 0.15) is 0 Å². The van der Waals surface area contributed by atoms with E-state index in [1.165, 1.54) is 6.07 Å². The molecule has 0 aliphatic rings. The van der Waals surface area contributed by atoms with Crippen LogP contribution in [0.5, 0.6) is 0 Å². The van der Waals surface area contributed by atoms with Crippen molar-refractivity contribution in [2.24, 2.45) is 5.92 Å². The van der Waals surface area contributed by atoms with Crippen LogP contribution in [-0.4, -0.2) is 21.0 Å². The Balaban J connectivity index is 2.81. The molecule has 0 radical (unpaired) electrons. The molecule has 1 aromatic rings. The molecule has 0 saturated heterocycles. The number of carboxylic acids is 1. The number of aromatic carboxylic acids is 1. The summed E-state index contributed by atoms with van der Waals surface area (Å²) in [5.74, 6) is 0.0402. The number of carbonyl (C=O) groups is 1. The van der Waals surface area contributed by atoms with Crippen molar-refractivity contribution in [1.82, 2.24) is 0 Å². The van der Waals surface area contributed by atoms with Crippen LogP contribution in [0.15, 0.2) is 27.6 Å². The van der Waals surface area contributed by atoms with Crippen LogP contribution in [0.1, 0.15) is 49.9 Å². The monoisotopic (exact) mass is 360 g/mol. The van der Waals surface area contributed by atoms with Gasteiger partial charge in [-0.2, -0.15) is 0 Å². The molecule has 5 heteroatoms. The second kappa shape index (κ2) is 8.57. The number of carboxylic acid groups (broad SMARTS) is 1. The minimum Gasteiger partial charge on any atom is -0.478 e. The second-order valence-electron chi connectivity index (χ2n) is 4.88. The van der Waals surface area contributed by atoms with E-state index in [-0.39, 0.29) is 5.56 Å². The Kier molecular flexibility index (Phi) is 7.45. The molecule has 0 saturated carbocycles. The van der Waals surface area contributed by atoms with E-state index >= 15 is 0 Å². The number of benzene rings is 1. The van der Waals surface area contributed by atoms with Gasteiger partial charge in [-0.15, -0.1) is 0 Å². The van der Waals surface area contributed by atoms with E-state index < -0.39 is 16.8 Å². The minimum atomic E-state index is -1.14. The van der Waals surface area contributed by atoms with Gasteiger partial charge in [0, 0.05) is 15.1 Å². The van der Waals surface area contributed by atoms with Crippen LogP contribution in [0.25, 0.3) is 0 Å². The van der Waals surface area contributed by atoms with Crippen LogP contribution < -0.4 is 0 Å². The first-order valence-corrected chi connectivity index (χ1v) is 9.02. The largest absolute Gasteiger partial charge is 0.478 e. The lowest BCUT2D eigenvalue weighted by Gasteiger charge is -2.14. The molecule has 1 N–H and O–H groups in total. The predicted octanol–water partition coefficient (Wildman–Crippen LogP) is 4.47. The van der Waals surface area contributed by atoms with Gasteiger partial charge >= 0.3 is 5.97 Å². The summed E-state index contributed by atoms with van der Waals surface area (Å²) < 4.78 is 12.9. The molecule has 0 aliphatic heterocycles. The fourth-order valence-corrected chi connectivity index (χ4v) is 3.93. The first-order valence-electron chi connectivity index (χ1n) is 6.90. The van der Waals surface area contributed by atoms with Crippen LogP contribution in [-0.2, 0) is 10.8 Å². The number of hydrogen-bond donors (Lipinski definition) is 1. The summed E-state index contributed by atoms with van der Waals surface area (Å²) in [6.07, 6.45) is 4.39. The van der Waals surface area contributed by atoms with Crippen LogP contribution in [0.3, 0.4) is 0 Å². The van der Waals surface area contributed by atoms with Gasteiger partial charge in [0.2, 0.25) is 0 Å². The molecule has 20 heavy (non-hydrogen) atoms. The SMILES string of the molecule is CCCCC(CC)CS(=O)c1ccc(Br)c(C(=O)O)c1. The molecule has 112 valence electrons. The summed E-state index contributed by atoms with van der Waals surface area (Å²) in [5.41, 5.74) is 0.164. The van der Waals surface area contributed by atoms with Crippen molar-refractivity contribution in [3.63, 3.8) is 0 Å². The third-order valence-electron chi connectivity index (χ3n) is 3.36. The smallest absolute Gasteiger partial charge is 0.336 e. The van der Waals surface area contributed by atoms with E-state index in [2.05, 4.69) is 29.8 Å². The number of rotatable bonds is 8. The zero-order valence-corrected chi connectivity index (χ0v) is 14.3. The van der Waals surface area contributed by atoms with Crippen molar-refractivity contribution in [3.8, 4) is 0 Å². The molecule has 0 heterocycles. The summed E-state index contributed by atoms with van der Waals surface area (Å²) >= 11 is 3.20. The van der Waals surface area contributed by atoms with Crippen molar-refractivity contribution in [2.75, 3.05) is 5.75 Å². The van der Waals surface area contributed by atoms with Gasteiger partial charge in [-0.3, -0.25) is 4.21 Å². The highest BCUT2D eigenvalue weighted by Crippen LogP contribution is 2.22. The zero-order valence-electron chi connectivity index (χ0n) is 11.9. The van der Waals surface area contributed by atoms with Crippen molar-refractivity contribution in [3.05, 3.63) is 28.2 Å². The van der Waals surface area contributed by atoms with E-state index in [0.717, 1.165) is 25.7 Å². The van der Waals surface area contributed by atoms with E-state index in [4.69, 9.17) is 5.11 Å². The first-order chi connectivity index (χ1) is 9.49. The third-order valence-corrected chi connectivity index (χ3v) is 5.61. The Hall–Kier alpha value is -0.680. The minimum absolute atomic E-state index is 0.164. The standard InChI is InChI=1S/C15H21BrO3S/c1-3-5-6-11(4-2)10-20(19)12-7-8-14(16)13(9-12)15(17)18/h7-9,11H,3-6,10H2,1-2H3,(H,17,18). The fourth-order valence-electron chi connectivity index (χ4n) is 2.02. The van der Waals surface area contributed by atoms with Gasteiger partial charge in [-0.05, 0) is 46.5 Å². The van der Waals surface area contributed by atoms with Crippen molar-refractivity contribution in [2.45, 2.75) is 44.4 Å². The van der Waals surface area contributed by atoms with Gasteiger partial charge in [0.05, 0.1) is 16.4 Å². The lowest BCUT2D eigenvalue weighted by Crippen LogP contribution is -2.11. The molecule has 1 aromatic carbocycles. The Morgan fingerprint density at radius 2 is 2.10 bits per heavy atom. The number of hydrogen-bond acceptors (Lipinski definition) is 2. The molecule has 0 spiro atoms. The van der Waals surface area contributed by atoms with E-state index in [1.807, 2.05) is 0 Å². The topological polar surface area (TPSA) is 54.4 Å². The molecule has 0 fully saturated rings. The summed E-state index contributed by atoms with van der Waals surface area (Å²) in [7, 11) is -1.14. The Morgan fingerprint density at radius 1 is 1.40 bits per heavy atom. The van der Waals surface area contributed by atoms with E-state index in [1.54, 1.807) is 12.1 Å². The lowest BCUT2D eigenvalue weighted by atomic mass is 10.0. The molecule has 0 aromatic heterocycles. The van der Waals surface area contributed by atoms with Gasteiger partial charge in [-0.1, -0.05) is 33.1 Å². The number of halogens is 1. The quantitative estimate of drug-likeness (QED) is 0.743. The van der Waals surface area contributed by atoms with Crippen LogP contribution in [0, 0.1) is 5.92 Å². The molecule has 2 atom stereocenters. The predicted molar refractivity (Wildman–Crippen MR) is 85.7 cm³/mol. The highest BCUT2D eigenvalue weighted by Gasteiger charge is 2.15. The lowest BCUT2D eigenvalue weighted by molar-refractivity contribution is 0.0695. The van der Waals surface area contributed by atoms with Gasteiger partial charge in [0.25, 0.3) is 0 Å². The zero-order chi connectivity index (χ0) is 15.1. The molecule has 0 aliphatic carbocycles. The van der Waals surface area contributed by atoms with Crippen LogP contribution >= 0.6 is 15.9 Å². The maximum absolute atomic E-state index is 12.4. The molecule has 2 unspecified atom stereocenters. The van der Waals surface area contributed by atoms with Gasteiger partial charge in [0.15, 0.2) is 0 Å². The highest BCUT2D eigenvalue weighted by molar-refractivity contribution is 9.10. The molecule has 1 rings (SSSR count). The van der Waals surface area contributed by atoms with Crippen molar-refractivity contribution >= 4 is 32.7 Å². The third kappa shape index (κ3) is 5.02. The van der Waals surface area contributed by atoms with E-state index in [0.29, 0.717) is 21.0 Å². The van der Waals surface area contributed by atoms with Crippen molar-refractivity contribution in [1.29, 1.82) is 0 Å². The molecular formula is C15H21BrO3S. The van der Waals surface area contributed by atoms with Crippen molar-refractivity contribution < 1.29 is 14.1 Å².